The van der Waals surface area contributed by atoms with Crippen LogP contribution >= 0.6 is 0 Å². The van der Waals surface area contributed by atoms with E-state index in [1.54, 1.807) is 12.3 Å². The number of alkyl carbamates (subject to hydrolysis) is 1. The Bertz CT molecular complexity index is 570. The lowest BCUT2D eigenvalue weighted by atomic mass is 10.2. The number of hydrogen-bond acceptors (Lipinski definition) is 4. The molecule has 21 heavy (non-hydrogen) atoms. The molecule has 5 heteroatoms. The number of aliphatic hydroxyl groups excluding tert-OH is 1. The highest BCUT2D eigenvalue weighted by Gasteiger charge is 2.15. The topological polar surface area (TPSA) is 71.5 Å². The van der Waals surface area contributed by atoms with Crippen LogP contribution < -0.4 is 5.32 Å². The van der Waals surface area contributed by atoms with Gasteiger partial charge in [-0.1, -0.05) is 36.4 Å². The van der Waals surface area contributed by atoms with Crippen molar-refractivity contribution in [1.29, 1.82) is 0 Å². The summed E-state index contributed by atoms with van der Waals surface area (Å²) < 4.78 is 5.12. The van der Waals surface area contributed by atoms with Crippen molar-refractivity contribution in [2.75, 3.05) is 6.61 Å². The smallest absolute Gasteiger partial charge is 0.408 e. The monoisotopic (exact) mass is 286 g/mol. The van der Waals surface area contributed by atoms with E-state index in [1.807, 2.05) is 43.3 Å². The number of carbonyl (C=O) groups excluding carboxylic acids is 1. The van der Waals surface area contributed by atoms with Crippen molar-refractivity contribution < 1.29 is 14.6 Å². The Morgan fingerprint density at radius 2 is 2.05 bits per heavy atom. The molecule has 0 spiro atoms. The fourth-order valence-electron chi connectivity index (χ4n) is 1.81. The van der Waals surface area contributed by atoms with Crippen LogP contribution in [0.15, 0.2) is 48.7 Å². The van der Waals surface area contributed by atoms with E-state index in [0.717, 1.165) is 11.1 Å². The number of carbonyl (C=O) groups is 1. The van der Waals surface area contributed by atoms with Gasteiger partial charge in [-0.15, -0.1) is 0 Å². The molecule has 2 rings (SSSR count). The molecule has 1 aromatic heterocycles. The molecule has 0 saturated heterocycles. The number of aliphatic hydroxyl groups is 1. The largest absolute Gasteiger partial charge is 0.445 e. The van der Waals surface area contributed by atoms with Crippen LogP contribution in [0.2, 0.25) is 0 Å². The summed E-state index contributed by atoms with van der Waals surface area (Å²) in [5.41, 5.74) is 2.52. The van der Waals surface area contributed by atoms with Gasteiger partial charge in [-0.3, -0.25) is 4.98 Å². The van der Waals surface area contributed by atoms with Gasteiger partial charge in [0.1, 0.15) is 6.61 Å². The summed E-state index contributed by atoms with van der Waals surface area (Å²) in [5, 5.41) is 12.0. The van der Waals surface area contributed by atoms with Crippen LogP contribution in [-0.2, 0) is 11.3 Å². The minimum Gasteiger partial charge on any atom is -0.445 e. The van der Waals surface area contributed by atoms with Crippen LogP contribution in [0.1, 0.15) is 22.9 Å². The van der Waals surface area contributed by atoms with Crippen LogP contribution in [0, 0.1) is 6.92 Å². The summed E-state index contributed by atoms with van der Waals surface area (Å²) in [6.45, 7) is 1.87. The van der Waals surface area contributed by atoms with Gasteiger partial charge in [0.25, 0.3) is 0 Å². The number of aromatic nitrogens is 1. The zero-order valence-electron chi connectivity index (χ0n) is 11.8. The first-order chi connectivity index (χ1) is 10.2. The van der Waals surface area contributed by atoms with Crippen molar-refractivity contribution in [2.24, 2.45) is 0 Å². The first-order valence-corrected chi connectivity index (χ1v) is 6.69. The van der Waals surface area contributed by atoms with Crippen molar-refractivity contribution in [3.05, 3.63) is 65.5 Å². The van der Waals surface area contributed by atoms with E-state index in [2.05, 4.69) is 10.3 Å². The maximum absolute atomic E-state index is 11.8. The van der Waals surface area contributed by atoms with Crippen molar-refractivity contribution in [3.63, 3.8) is 0 Å². The van der Waals surface area contributed by atoms with Gasteiger partial charge in [0.2, 0.25) is 0 Å². The van der Waals surface area contributed by atoms with Gasteiger partial charge in [0.05, 0.1) is 18.3 Å². The molecule has 1 amide bonds. The number of rotatable bonds is 5. The lowest BCUT2D eigenvalue weighted by Crippen LogP contribution is -2.31. The summed E-state index contributed by atoms with van der Waals surface area (Å²) in [6.07, 6.45) is 1.11. The van der Waals surface area contributed by atoms with Crippen LogP contribution in [0.25, 0.3) is 0 Å². The molecule has 1 heterocycles. The van der Waals surface area contributed by atoms with Gasteiger partial charge < -0.3 is 15.2 Å². The van der Waals surface area contributed by atoms with E-state index in [-0.39, 0.29) is 13.2 Å². The molecular formula is C16H18N2O3. The Morgan fingerprint density at radius 1 is 1.29 bits per heavy atom. The first-order valence-electron chi connectivity index (χ1n) is 6.69. The second kappa shape index (κ2) is 7.40. The zero-order valence-corrected chi connectivity index (χ0v) is 11.8. The Balaban J connectivity index is 1.89. The van der Waals surface area contributed by atoms with Crippen LogP contribution in [0.3, 0.4) is 0 Å². The number of nitrogens with zero attached hydrogens (tertiary/aromatic N) is 1. The molecule has 0 saturated carbocycles. The Kier molecular flexibility index (Phi) is 5.29. The van der Waals surface area contributed by atoms with Crippen molar-refractivity contribution in [1.82, 2.24) is 10.3 Å². The molecule has 0 radical (unpaired) electrons. The average molecular weight is 286 g/mol. The van der Waals surface area contributed by atoms with Crippen molar-refractivity contribution in [3.8, 4) is 0 Å². The van der Waals surface area contributed by atoms with Gasteiger partial charge in [-0.25, -0.2) is 4.79 Å². The summed E-state index contributed by atoms with van der Waals surface area (Å²) in [5.74, 6) is 0. The predicted octanol–water partition coefficient (Wildman–Crippen LogP) is 2.35. The quantitative estimate of drug-likeness (QED) is 0.885. The molecule has 5 nitrogen and oxygen atoms in total. The number of nitrogens with one attached hydrogen (secondary N) is 1. The normalized spacial score (nSPS) is 11.7. The van der Waals surface area contributed by atoms with E-state index in [0.29, 0.717) is 5.69 Å². The van der Waals surface area contributed by atoms with E-state index in [1.165, 1.54) is 0 Å². The number of aryl methyl sites for hydroxylation is 1. The summed E-state index contributed by atoms with van der Waals surface area (Å²) in [4.78, 5) is 15.9. The number of benzene rings is 1. The van der Waals surface area contributed by atoms with Gasteiger partial charge in [0.15, 0.2) is 0 Å². The van der Waals surface area contributed by atoms with Gasteiger partial charge in [-0.2, -0.15) is 0 Å². The molecule has 2 aromatic rings. The highest BCUT2D eigenvalue weighted by atomic mass is 16.5. The van der Waals surface area contributed by atoms with Crippen LogP contribution in [-0.4, -0.2) is 22.8 Å². The minimum atomic E-state index is -0.583. The van der Waals surface area contributed by atoms with Crippen molar-refractivity contribution >= 4 is 6.09 Å². The Hall–Kier alpha value is -2.40. The van der Waals surface area contributed by atoms with E-state index >= 15 is 0 Å². The standard InChI is InChI=1S/C16H18N2O3/c1-12-7-8-14(17-9-12)15(10-19)18-16(20)21-11-13-5-3-2-4-6-13/h2-9,15,19H,10-11H2,1H3,(H,18,20). The fraction of sp³-hybridized carbons (Fsp3) is 0.250. The highest BCUT2D eigenvalue weighted by Crippen LogP contribution is 2.10. The molecule has 0 aliphatic rings. The molecular weight excluding hydrogens is 268 g/mol. The zero-order chi connectivity index (χ0) is 15.1. The second-order valence-corrected chi connectivity index (χ2v) is 4.70. The van der Waals surface area contributed by atoms with Gasteiger partial charge in [0, 0.05) is 6.20 Å². The Labute approximate surface area is 123 Å². The maximum Gasteiger partial charge on any atom is 0.408 e. The third-order valence-corrected chi connectivity index (χ3v) is 2.98. The molecule has 0 bridgehead atoms. The summed E-state index contributed by atoms with van der Waals surface area (Å²) in [7, 11) is 0. The van der Waals surface area contributed by atoms with E-state index in [4.69, 9.17) is 4.74 Å². The molecule has 2 N–H and O–H groups in total. The molecule has 0 fully saturated rings. The SMILES string of the molecule is Cc1ccc(C(CO)NC(=O)OCc2ccccc2)nc1. The molecule has 0 aliphatic carbocycles. The second-order valence-electron chi connectivity index (χ2n) is 4.70. The lowest BCUT2D eigenvalue weighted by molar-refractivity contribution is 0.129. The third-order valence-electron chi connectivity index (χ3n) is 2.98. The lowest BCUT2D eigenvalue weighted by Gasteiger charge is -2.16. The highest BCUT2D eigenvalue weighted by molar-refractivity contribution is 5.67. The third kappa shape index (κ3) is 4.57. The summed E-state index contributed by atoms with van der Waals surface area (Å²) in [6, 6.07) is 12.5. The fourth-order valence-corrected chi connectivity index (χ4v) is 1.81. The maximum atomic E-state index is 11.8. The van der Waals surface area contributed by atoms with E-state index < -0.39 is 12.1 Å². The molecule has 0 aliphatic heterocycles. The molecule has 1 atom stereocenters. The minimum absolute atomic E-state index is 0.187. The number of ether oxygens (including phenoxy) is 1. The number of hydrogen-bond donors (Lipinski definition) is 2. The Morgan fingerprint density at radius 3 is 2.67 bits per heavy atom. The van der Waals surface area contributed by atoms with Gasteiger partial charge in [-0.05, 0) is 24.1 Å². The molecule has 1 unspecified atom stereocenters. The van der Waals surface area contributed by atoms with Crippen LogP contribution in [0.4, 0.5) is 4.79 Å². The summed E-state index contributed by atoms with van der Waals surface area (Å²) >= 11 is 0. The van der Waals surface area contributed by atoms with Crippen molar-refractivity contribution in [2.45, 2.75) is 19.6 Å². The average Bonchev–Trinajstić information content (AvgIpc) is 2.52. The first kappa shape index (κ1) is 15.0. The predicted molar refractivity (Wildman–Crippen MR) is 78.6 cm³/mol. The van der Waals surface area contributed by atoms with Gasteiger partial charge >= 0.3 is 6.09 Å². The number of pyridine rings is 1. The molecule has 110 valence electrons. The molecule has 1 aromatic carbocycles. The van der Waals surface area contributed by atoms with E-state index in [9.17, 15) is 9.90 Å². The number of amides is 1. The van der Waals surface area contributed by atoms with Crippen LogP contribution in [0.5, 0.6) is 0 Å².